The molecular weight excluding hydrogens is 343 g/mol. The third-order valence-corrected chi connectivity index (χ3v) is 3.36. The average molecular weight is 358 g/mol. The largest absolute Gasteiger partial charge is 0.494 e. The van der Waals surface area contributed by atoms with Crippen LogP contribution in [0, 0.1) is 0 Å². The average Bonchev–Trinajstić information content (AvgIpc) is 2.53. The van der Waals surface area contributed by atoms with Crippen molar-refractivity contribution in [3.05, 3.63) is 59.1 Å². The Morgan fingerprint density at radius 3 is 2.50 bits per heavy atom. The molecule has 7 heteroatoms. The number of alkyl halides is 3. The zero-order valence-electron chi connectivity index (χ0n) is 12.6. The minimum absolute atomic E-state index is 0.0448. The van der Waals surface area contributed by atoms with Crippen molar-refractivity contribution in [1.82, 2.24) is 0 Å². The fourth-order valence-electron chi connectivity index (χ4n) is 2.01. The molecule has 0 spiro atoms. The molecular formula is C17H15ClF3NO2. The van der Waals surface area contributed by atoms with E-state index in [2.05, 4.69) is 5.32 Å². The Morgan fingerprint density at radius 2 is 1.83 bits per heavy atom. The van der Waals surface area contributed by atoms with Crippen LogP contribution in [0.5, 0.6) is 5.75 Å². The van der Waals surface area contributed by atoms with Crippen molar-refractivity contribution in [2.45, 2.75) is 19.0 Å². The van der Waals surface area contributed by atoms with Gasteiger partial charge in [-0.05, 0) is 36.8 Å². The summed E-state index contributed by atoms with van der Waals surface area (Å²) < 4.78 is 44.3. The Kier molecular flexibility index (Phi) is 6.09. The van der Waals surface area contributed by atoms with Gasteiger partial charge in [-0.1, -0.05) is 29.8 Å². The number of rotatable bonds is 6. The number of anilines is 1. The summed E-state index contributed by atoms with van der Waals surface area (Å²) in [5.41, 5.74) is -1.27. The maximum Gasteiger partial charge on any atom is 0.418 e. The summed E-state index contributed by atoms with van der Waals surface area (Å²) in [4.78, 5) is 11.8. The van der Waals surface area contributed by atoms with Crippen molar-refractivity contribution in [2.75, 3.05) is 11.9 Å². The molecule has 0 aromatic heterocycles. The van der Waals surface area contributed by atoms with Gasteiger partial charge in [-0.3, -0.25) is 4.79 Å². The number of carbonyl (C=O) groups excluding carboxylic acids is 1. The molecule has 2 aromatic carbocycles. The molecule has 0 bridgehead atoms. The topological polar surface area (TPSA) is 38.3 Å². The van der Waals surface area contributed by atoms with Crippen molar-refractivity contribution in [2.24, 2.45) is 0 Å². The maximum atomic E-state index is 12.9. The summed E-state index contributed by atoms with van der Waals surface area (Å²) in [5, 5.41) is 2.23. The van der Waals surface area contributed by atoms with E-state index in [-0.39, 0.29) is 17.1 Å². The Balaban J connectivity index is 1.86. The number of hydrogen-bond acceptors (Lipinski definition) is 2. The summed E-state index contributed by atoms with van der Waals surface area (Å²) in [6.45, 7) is 0.296. The molecule has 0 aliphatic carbocycles. The first-order valence-corrected chi connectivity index (χ1v) is 7.58. The highest BCUT2D eigenvalue weighted by molar-refractivity contribution is 6.30. The first kappa shape index (κ1) is 18.1. The standard InChI is InChI=1S/C17H15ClF3NO2/c18-12-8-9-15(14(11-12)17(19,20)21)22-16(23)7-4-10-24-13-5-2-1-3-6-13/h1-3,5-6,8-9,11H,4,7,10H2,(H,22,23). The molecule has 0 saturated heterocycles. The molecule has 1 N–H and O–H groups in total. The minimum Gasteiger partial charge on any atom is -0.494 e. The molecule has 0 aliphatic rings. The van der Waals surface area contributed by atoms with E-state index >= 15 is 0 Å². The van der Waals surface area contributed by atoms with E-state index in [0.29, 0.717) is 18.8 Å². The van der Waals surface area contributed by atoms with Crippen molar-refractivity contribution < 1.29 is 22.7 Å². The number of carbonyl (C=O) groups is 1. The number of hydrogen-bond donors (Lipinski definition) is 1. The Morgan fingerprint density at radius 1 is 1.12 bits per heavy atom. The molecule has 0 unspecified atom stereocenters. The van der Waals surface area contributed by atoms with E-state index in [9.17, 15) is 18.0 Å². The lowest BCUT2D eigenvalue weighted by Crippen LogP contribution is -2.17. The Labute approximate surface area is 142 Å². The first-order valence-electron chi connectivity index (χ1n) is 7.21. The number of ether oxygens (including phenoxy) is 1. The van der Waals surface area contributed by atoms with Crippen LogP contribution in [0.3, 0.4) is 0 Å². The normalized spacial score (nSPS) is 11.2. The van der Waals surface area contributed by atoms with E-state index in [0.717, 1.165) is 12.1 Å². The molecule has 0 atom stereocenters. The van der Waals surface area contributed by atoms with Gasteiger partial charge in [0.05, 0.1) is 17.9 Å². The molecule has 0 fully saturated rings. The van der Waals surface area contributed by atoms with Crippen molar-refractivity contribution >= 4 is 23.2 Å². The zero-order valence-corrected chi connectivity index (χ0v) is 13.3. The third kappa shape index (κ3) is 5.45. The maximum absolute atomic E-state index is 12.9. The molecule has 0 heterocycles. The van der Waals surface area contributed by atoms with Crippen molar-refractivity contribution in [1.29, 1.82) is 0 Å². The monoisotopic (exact) mass is 357 g/mol. The summed E-state index contributed by atoms with van der Waals surface area (Å²) in [7, 11) is 0. The van der Waals surface area contributed by atoms with Crippen LogP contribution in [0.15, 0.2) is 48.5 Å². The second kappa shape index (κ2) is 8.06. The van der Waals surface area contributed by atoms with Gasteiger partial charge in [-0.2, -0.15) is 13.2 Å². The van der Waals surface area contributed by atoms with E-state index < -0.39 is 17.6 Å². The molecule has 0 radical (unpaired) electrons. The lowest BCUT2D eigenvalue weighted by molar-refractivity contribution is -0.137. The second-order valence-corrected chi connectivity index (χ2v) is 5.44. The number of benzene rings is 2. The quantitative estimate of drug-likeness (QED) is 0.725. The molecule has 2 aromatic rings. The van der Waals surface area contributed by atoms with E-state index in [4.69, 9.17) is 16.3 Å². The van der Waals surface area contributed by atoms with E-state index in [1.807, 2.05) is 18.2 Å². The van der Waals surface area contributed by atoms with Gasteiger partial charge in [-0.25, -0.2) is 0 Å². The minimum atomic E-state index is -4.59. The van der Waals surface area contributed by atoms with Gasteiger partial charge in [0.15, 0.2) is 0 Å². The first-order chi connectivity index (χ1) is 11.4. The van der Waals surface area contributed by atoms with Crippen LogP contribution in [0.25, 0.3) is 0 Å². The van der Waals surface area contributed by atoms with Crippen LogP contribution >= 0.6 is 11.6 Å². The van der Waals surface area contributed by atoms with E-state index in [1.165, 1.54) is 6.07 Å². The van der Waals surface area contributed by atoms with Crippen LogP contribution in [-0.2, 0) is 11.0 Å². The molecule has 24 heavy (non-hydrogen) atoms. The third-order valence-electron chi connectivity index (χ3n) is 3.12. The molecule has 2 rings (SSSR count). The summed E-state index contributed by atoms with van der Waals surface area (Å²) >= 11 is 5.59. The van der Waals surface area contributed by atoms with Gasteiger partial charge in [-0.15, -0.1) is 0 Å². The predicted octanol–water partition coefficient (Wildman–Crippen LogP) is 5.16. The van der Waals surface area contributed by atoms with Gasteiger partial charge >= 0.3 is 6.18 Å². The van der Waals surface area contributed by atoms with Crippen LogP contribution in [0.4, 0.5) is 18.9 Å². The fourth-order valence-corrected chi connectivity index (χ4v) is 2.18. The lowest BCUT2D eigenvalue weighted by Gasteiger charge is -2.14. The zero-order chi connectivity index (χ0) is 17.6. The van der Waals surface area contributed by atoms with E-state index in [1.54, 1.807) is 12.1 Å². The number of nitrogens with one attached hydrogen (secondary N) is 1. The summed E-state index contributed by atoms with van der Waals surface area (Å²) in [5.74, 6) is 0.162. The van der Waals surface area contributed by atoms with Crippen LogP contribution < -0.4 is 10.1 Å². The molecule has 128 valence electrons. The molecule has 0 aliphatic heterocycles. The van der Waals surface area contributed by atoms with Crippen LogP contribution in [0.2, 0.25) is 5.02 Å². The Bertz CT molecular complexity index is 690. The van der Waals surface area contributed by atoms with Crippen molar-refractivity contribution in [3.8, 4) is 5.75 Å². The van der Waals surface area contributed by atoms with Crippen molar-refractivity contribution in [3.63, 3.8) is 0 Å². The number of halogens is 4. The molecule has 0 saturated carbocycles. The smallest absolute Gasteiger partial charge is 0.418 e. The van der Waals surface area contributed by atoms with Crippen LogP contribution in [-0.4, -0.2) is 12.5 Å². The van der Waals surface area contributed by atoms with Crippen LogP contribution in [0.1, 0.15) is 18.4 Å². The highest BCUT2D eigenvalue weighted by Crippen LogP contribution is 2.36. The lowest BCUT2D eigenvalue weighted by atomic mass is 10.1. The fraction of sp³-hybridized carbons (Fsp3) is 0.235. The summed E-state index contributed by atoms with van der Waals surface area (Å²) in [6.07, 6.45) is -4.16. The highest BCUT2D eigenvalue weighted by atomic mass is 35.5. The number of amides is 1. The highest BCUT2D eigenvalue weighted by Gasteiger charge is 2.34. The van der Waals surface area contributed by atoms with Gasteiger partial charge in [0.2, 0.25) is 5.91 Å². The Hall–Kier alpha value is -2.21. The molecule has 3 nitrogen and oxygen atoms in total. The second-order valence-electron chi connectivity index (χ2n) is 5.00. The molecule has 1 amide bonds. The van der Waals surface area contributed by atoms with Gasteiger partial charge in [0.1, 0.15) is 5.75 Å². The SMILES string of the molecule is O=C(CCCOc1ccccc1)Nc1ccc(Cl)cc1C(F)(F)F. The van der Waals surface area contributed by atoms with Gasteiger partial charge in [0.25, 0.3) is 0 Å². The number of para-hydroxylation sites is 1. The van der Waals surface area contributed by atoms with Gasteiger partial charge in [0, 0.05) is 11.4 Å². The predicted molar refractivity (Wildman–Crippen MR) is 86.3 cm³/mol. The van der Waals surface area contributed by atoms with Gasteiger partial charge < -0.3 is 10.1 Å². The summed E-state index contributed by atoms with van der Waals surface area (Å²) in [6, 6.07) is 12.3.